The van der Waals surface area contributed by atoms with Gasteiger partial charge in [-0.05, 0) is 55.7 Å². The smallest absolute Gasteiger partial charge is 0.133 e. The molecule has 0 atom stereocenters. The third kappa shape index (κ3) is 3.49. The Labute approximate surface area is 173 Å². The normalized spacial score (nSPS) is 13.6. The number of rotatable bonds is 3. The van der Waals surface area contributed by atoms with Gasteiger partial charge in [-0.1, -0.05) is 34.8 Å². The SMILES string of the molecule is COc1ccc(Cl)cc1-c1nn(-c2ccc(Cl)cc2Cl)c2c1CCCCN2. The molecular formula is C20H18Cl3N3O. The fourth-order valence-corrected chi connectivity index (χ4v) is 4.07. The molecule has 0 amide bonds. The predicted molar refractivity (Wildman–Crippen MR) is 112 cm³/mol. The van der Waals surface area contributed by atoms with Crippen molar-refractivity contribution in [1.29, 1.82) is 0 Å². The minimum atomic E-state index is 0.545. The monoisotopic (exact) mass is 421 g/mol. The number of aromatic nitrogens is 2. The van der Waals surface area contributed by atoms with Gasteiger partial charge in [-0.2, -0.15) is 5.10 Å². The highest BCUT2D eigenvalue weighted by atomic mass is 35.5. The second-order valence-corrected chi connectivity index (χ2v) is 7.69. The molecule has 4 rings (SSSR count). The Morgan fingerprint density at radius 1 is 1.04 bits per heavy atom. The van der Waals surface area contributed by atoms with Gasteiger partial charge in [0.2, 0.25) is 0 Å². The maximum absolute atomic E-state index is 6.47. The molecule has 2 heterocycles. The number of methoxy groups -OCH3 is 1. The van der Waals surface area contributed by atoms with Crippen molar-refractivity contribution >= 4 is 40.6 Å². The van der Waals surface area contributed by atoms with Crippen LogP contribution in [0.3, 0.4) is 0 Å². The summed E-state index contributed by atoms with van der Waals surface area (Å²) in [6.45, 7) is 0.885. The van der Waals surface area contributed by atoms with Crippen LogP contribution in [0.25, 0.3) is 16.9 Å². The molecule has 1 aliphatic rings. The van der Waals surface area contributed by atoms with Gasteiger partial charge in [0.05, 0.1) is 17.8 Å². The number of hydrogen-bond acceptors (Lipinski definition) is 3. The van der Waals surface area contributed by atoms with E-state index in [0.29, 0.717) is 15.1 Å². The molecule has 27 heavy (non-hydrogen) atoms. The van der Waals surface area contributed by atoms with Crippen molar-refractivity contribution in [3.63, 3.8) is 0 Å². The molecule has 0 fully saturated rings. The zero-order valence-corrected chi connectivity index (χ0v) is 17.0. The highest BCUT2D eigenvalue weighted by molar-refractivity contribution is 6.35. The number of ether oxygens (including phenoxy) is 1. The van der Waals surface area contributed by atoms with Crippen LogP contribution in [0.15, 0.2) is 36.4 Å². The van der Waals surface area contributed by atoms with Crippen LogP contribution in [-0.2, 0) is 6.42 Å². The van der Waals surface area contributed by atoms with Crippen LogP contribution < -0.4 is 10.1 Å². The van der Waals surface area contributed by atoms with Gasteiger partial charge in [-0.15, -0.1) is 0 Å². The molecule has 0 bridgehead atoms. The molecule has 4 nitrogen and oxygen atoms in total. The van der Waals surface area contributed by atoms with Crippen LogP contribution in [0.1, 0.15) is 18.4 Å². The molecule has 0 aliphatic carbocycles. The molecule has 0 saturated carbocycles. The first kappa shape index (κ1) is 18.5. The first-order valence-electron chi connectivity index (χ1n) is 8.73. The Bertz CT molecular complexity index is 1000. The van der Waals surface area contributed by atoms with E-state index < -0.39 is 0 Å². The van der Waals surface area contributed by atoms with Crippen molar-refractivity contribution in [3.8, 4) is 22.7 Å². The number of hydrogen-bond donors (Lipinski definition) is 1. The number of nitrogens with zero attached hydrogens (tertiary/aromatic N) is 2. The van der Waals surface area contributed by atoms with Crippen LogP contribution in [0.5, 0.6) is 5.75 Å². The number of benzene rings is 2. The van der Waals surface area contributed by atoms with Crippen LogP contribution in [0.2, 0.25) is 15.1 Å². The summed E-state index contributed by atoms with van der Waals surface area (Å²) in [4.78, 5) is 0. The molecule has 1 aromatic heterocycles. The Morgan fingerprint density at radius 2 is 1.81 bits per heavy atom. The summed E-state index contributed by atoms with van der Waals surface area (Å²) in [6, 6.07) is 11.0. The number of nitrogens with one attached hydrogen (secondary N) is 1. The molecular weight excluding hydrogens is 405 g/mol. The average molecular weight is 423 g/mol. The molecule has 1 aliphatic heterocycles. The van der Waals surface area contributed by atoms with Gasteiger partial charge in [0.25, 0.3) is 0 Å². The van der Waals surface area contributed by atoms with Crippen LogP contribution in [0, 0.1) is 0 Å². The van der Waals surface area contributed by atoms with E-state index >= 15 is 0 Å². The van der Waals surface area contributed by atoms with Crippen LogP contribution >= 0.6 is 34.8 Å². The fourth-order valence-electron chi connectivity index (χ4n) is 3.41. The largest absolute Gasteiger partial charge is 0.496 e. The second kappa shape index (κ2) is 7.63. The summed E-state index contributed by atoms with van der Waals surface area (Å²) in [7, 11) is 1.65. The Balaban J connectivity index is 1.96. The van der Waals surface area contributed by atoms with Gasteiger partial charge in [-0.25, -0.2) is 4.68 Å². The van der Waals surface area contributed by atoms with E-state index in [2.05, 4.69) is 5.32 Å². The Kier molecular flexibility index (Phi) is 5.22. The Morgan fingerprint density at radius 3 is 2.59 bits per heavy atom. The molecule has 0 saturated heterocycles. The highest BCUT2D eigenvalue weighted by Gasteiger charge is 2.24. The zero-order chi connectivity index (χ0) is 19.0. The van der Waals surface area contributed by atoms with E-state index in [-0.39, 0.29) is 0 Å². The van der Waals surface area contributed by atoms with E-state index in [1.54, 1.807) is 13.2 Å². The predicted octanol–water partition coefficient (Wildman–Crippen LogP) is 6.26. The Hall–Kier alpha value is -1.88. The quantitative estimate of drug-likeness (QED) is 0.541. The van der Waals surface area contributed by atoms with Crippen molar-refractivity contribution in [2.24, 2.45) is 0 Å². The topological polar surface area (TPSA) is 39.1 Å². The summed E-state index contributed by atoms with van der Waals surface area (Å²) in [5.41, 5.74) is 3.64. The third-order valence-corrected chi connectivity index (χ3v) is 5.46. The van der Waals surface area contributed by atoms with Gasteiger partial charge in [0.1, 0.15) is 17.3 Å². The average Bonchev–Trinajstić information content (AvgIpc) is 2.83. The maximum Gasteiger partial charge on any atom is 0.133 e. The van der Waals surface area contributed by atoms with E-state index in [4.69, 9.17) is 44.6 Å². The lowest BCUT2D eigenvalue weighted by Gasteiger charge is -2.10. The molecule has 2 aromatic carbocycles. The number of fused-ring (bicyclic) bond motifs is 1. The summed E-state index contributed by atoms with van der Waals surface area (Å²) in [5.74, 6) is 1.69. The lowest BCUT2D eigenvalue weighted by atomic mass is 10.0. The lowest BCUT2D eigenvalue weighted by Crippen LogP contribution is -2.07. The second-order valence-electron chi connectivity index (χ2n) is 6.41. The molecule has 0 unspecified atom stereocenters. The molecule has 140 valence electrons. The van der Waals surface area contributed by atoms with E-state index in [1.807, 2.05) is 35.0 Å². The molecule has 3 aromatic rings. The zero-order valence-electron chi connectivity index (χ0n) is 14.7. The van der Waals surface area contributed by atoms with Crippen molar-refractivity contribution in [2.75, 3.05) is 19.0 Å². The number of anilines is 1. The van der Waals surface area contributed by atoms with Gasteiger partial charge in [-0.3, -0.25) is 0 Å². The number of halogens is 3. The molecule has 7 heteroatoms. The van der Waals surface area contributed by atoms with E-state index in [1.165, 1.54) is 0 Å². The van der Waals surface area contributed by atoms with Gasteiger partial charge in [0, 0.05) is 27.7 Å². The van der Waals surface area contributed by atoms with Crippen molar-refractivity contribution in [3.05, 3.63) is 57.0 Å². The first-order chi connectivity index (χ1) is 13.1. The minimum absolute atomic E-state index is 0.545. The highest BCUT2D eigenvalue weighted by Crippen LogP contribution is 2.40. The van der Waals surface area contributed by atoms with Gasteiger partial charge in [0.15, 0.2) is 0 Å². The van der Waals surface area contributed by atoms with Crippen LogP contribution in [0.4, 0.5) is 5.82 Å². The van der Waals surface area contributed by atoms with Crippen LogP contribution in [-0.4, -0.2) is 23.4 Å². The van der Waals surface area contributed by atoms with Crippen molar-refractivity contribution < 1.29 is 4.74 Å². The minimum Gasteiger partial charge on any atom is -0.496 e. The van der Waals surface area contributed by atoms with E-state index in [0.717, 1.165) is 59.9 Å². The molecule has 0 spiro atoms. The summed E-state index contributed by atoms with van der Waals surface area (Å²) in [5, 5.41) is 10.2. The standard InChI is InChI=1S/C20H18Cl3N3O/c1-27-18-8-6-12(21)10-15(18)19-14-4-2-3-9-24-20(14)26(25-19)17-7-5-13(22)11-16(17)23/h5-8,10-11,24H,2-4,9H2,1H3. The van der Waals surface area contributed by atoms with Gasteiger partial charge < -0.3 is 10.1 Å². The van der Waals surface area contributed by atoms with Gasteiger partial charge >= 0.3 is 0 Å². The first-order valence-corrected chi connectivity index (χ1v) is 9.87. The fraction of sp³-hybridized carbons (Fsp3) is 0.250. The molecule has 1 N–H and O–H groups in total. The third-order valence-electron chi connectivity index (χ3n) is 4.68. The summed E-state index contributed by atoms with van der Waals surface area (Å²) in [6.07, 6.45) is 3.09. The van der Waals surface area contributed by atoms with E-state index in [9.17, 15) is 0 Å². The maximum atomic E-state index is 6.47. The summed E-state index contributed by atoms with van der Waals surface area (Å²) < 4.78 is 7.42. The lowest BCUT2D eigenvalue weighted by molar-refractivity contribution is 0.416. The van der Waals surface area contributed by atoms with Crippen molar-refractivity contribution in [2.45, 2.75) is 19.3 Å². The summed E-state index contributed by atoms with van der Waals surface area (Å²) >= 11 is 18.8. The van der Waals surface area contributed by atoms with Crippen molar-refractivity contribution in [1.82, 2.24) is 9.78 Å². The molecule has 0 radical (unpaired) electrons.